The molecule has 1 unspecified atom stereocenters. The Morgan fingerprint density at radius 3 is 2.53 bits per heavy atom. The molecule has 3 aromatic rings. The fourth-order valence-electron chi connectivity index (χ4n) is 4.10. The van der Waals surface area contributed by atoms with E-state index in [-0.39, 0.29) is 22.9 Å². The Labute approximate surface area is 200 Å². The van der Waals surface area contributed by atoms with E-state index in [2.05, 4.69) is 20.3 Å². The molecule has 10 heteroatoms. The molecular formula is C24H25ClF3N5O. The zero-order valence-electron chi connectivity index (χ0n) is 18.6. The van der Waals surface area contributed by atoms with E-state index in [4.69, 9.17) is 11.6 Å². The number of aromatic amines is 1. The molecule has 1 saturated heterocycles. The number of amides is 1. The van der Waals surface area contributed by atoms with Gasteiger partial charge in [0.1, 0.15) is 11.6 Å². The third-order valence-electron chi connectivity index (χ3n) is 6.05. The van der Waals surface area contributed by atoms with Crippen molar-refractivity contribution in [1.82, 2.24) is 20.3 Å². The van der Waals surface area contributed by atoms with Crippen LogP contribution in [0.4, 0.5) is 19.0 Å². The van der Waals surface area contributed by atoms with Crippen LogP contribution >= 0.6 is 11.6 Å². The van der Waals surface area contributed by atoms with Crippen LogP contribution < -0.4 is 10.2 Å². The fraction of sp³-hybridized carbons (Fsp3) is 0.375. The van der Waals surface area contributed by atoms with Crippen LogP contribution in [0.2, 0.25) is 5.02 Å². The maximum atomic E-state index is 12.9. The third-order valence-corrected chi connectivity index (χ3v) is 6.33. The Balaban J connectivity index is 1.36. The molecule has 180 valence electrons. The van der Waals surface area contributed by atoms with E-state index in [0.717, 1.165) is 23.5 Å². The topological polar surface area (TPSA) is 73.9 Å². The summed E-state index contributed by atoms with van der Waals surface area (Å²) in [5.41, 5.74) is 1.03. The van der Waals surface area contributed by atoms with Crippen LogP contribution in [0.15, 0.2) is 48.8 Å². The van der Waals surface area contributed by atoms with Gasteiger partial charge >= 0.3 is 6.18 Å². The molecule has 1 aliphatic heterocycles. The van der Waals surface area contributed by atoms with E-state index < -0.39 is 11.7 Å². The van der Waals surface area contributed by atoms with Gasteiger partial charge in [0.2, 0.25) is 5.91 Å². The average Bonchev–Trinajstić information content (AvgIpc) is 3.32. The van der Waals surface area contributed by atoms with Crippen LogP contribution in [0, 0.1) is 5.92 Å². The van der Waals surface area contributed by atoms with Crippen LogP contribution in [0.5, 0.6) is 0 Å². The number of anilines is 1. The highest BCUT2D eigenvalue weighted by molar-refractivity contribution is 6.33. The molecule has 34 heavy (non-hydrogen) atoms. The second kappa shape index (κ2) is 10.0. The number of H-pyrrole nitrogens is 1. The number of nitrogens with one attached hydrogen (secondary N) is 2. The van der Waals surface area contributed by atoms with Gasteiger partial charge in [0.25, 0.3) is 0 Å². The number of hydrogen-bond donors (Lipinski definition) is 2. The number of aromatic nitrogens is 3. The van der Waals surface area contributed by atoms with Gasteiger partial charge in [-0.15, -0.1) is 0 Å². The van der Waals surface area contributed by atoms with Crippen molar-refractivity contribution in [2.45, 2.75) is 38.4 Å². The summed E-state index contributed by atoms with van der Waals surface area (Å²) >= 11 is 6.08. The van der Waals surface area contributed by atoms with E-state index in [1.807, 2.05) is 42.2 Å². The number of carbonyl (C=O) groups is 1. The van der Waals surface area contributed by atoms with Crippen molar-refractivity contribution < 1.29 is 18.0 Å². The summed E-state index contributed by atoms with van der Waals surface area (Å²) in [5.74, 6) is 0.745. The van der Waals surface area contributed by atoms with Crippen LogP contribution in [0.3, 0.4) is 0 Å². The zero-order valence-corrected chi connectivity index (χ0v) is 19.3. The Kier molecular flexibility index (Phi) is 7.11. The molecule has 1 amide bonds. The highest BCUT2D eigenvalue weighted by atomic mass is 35.5. The predicted molar refractivity (Wildman–Crippen MR) is 124 cm³/mol. The minimum absolute atomic E-state index is 0.0455. The number of rotatable bonds is 6. The van der Waals surface area contributed by atoms with Crippen molar-refractivity contribution in [3.05, 3.63) is 65.2 Å². The molecule has 0 radical (unpaired) electrons. The first-order valence-corrected chi connectivity index (χ1v) is 11.5. The number of pyridine rings is 1. The molecule has 0 bridgehead atoms. The molecule has 1 fully saturated rings. The minimum Gasteiger partial charge on any atom is -0.355 e. The number of hydrogen-bond acceptors (Lipinski definition) is 4. The maximum Gasteiger partial charge on any atom is 0.417 e. The fourth-order valence-corrected chi connectivity index (χ4v) is 4.39. The molecule has 1 atom stereocenters. The van der Waals surface area contributed by atoms with Gasteiger partial charge in [-0.05, 0) is 30.9 Å². The van der Waals surface area contributed by atoms with Gasteiger partial charge in [0, 0.05) is 25.2 Å². The number of nitrogens with zero attached hydrogens (tertiary/aromatic N) is 3. The monoisotopic (exact) mass is 491 g/mol. The summed E-state index contributed by atoms with van der Waals surface area (Å²) in [4.78, 5) is 26.5. The first-order valence-electron chi connectivity index (χ1n) is 11.1. The standard InChI is InChI=1S/C24H25ClF3N5O/c1-2-19(21-29-14-20(31-21)15-6-4-3-5-7-15)32-23(34)16-8-10-33(11-9-16)22-18(25)12-17(13-30-22)24(26,27)28/h3-7,12-14,16,19H,2,8-11H2,1H3,(H,29,31)(H,32,34). The lowest BCUT2D eigenvalue weighted by molar-refractivity contribution is -0.137. The lowest BCUT2D eigenvalue weighted by Crippen LogP contribution is -2.42. The molecule has 0 spiro atoms. The van der Waals surface area contributed by atoms with E-state index in [9.17, 15) is 18.0 Å². The Morgan fingerprint density at radius 2 is 1.91 bits per heavy atom. The van der Waals surface area contributed by atoms with E-state index in [1.54, 1.807) is 6.20 Å². The van der Waals surface area contributed by atoms with Crippen LogP contribution in [-0.4, -0.2) is 33.9 Å². The number of benzene rings is 1. The molecule has 0 saturated carbocycles. The predicted octanol–water partition coefficient (Wildman–Crippen LogP) is 5.63. The molecule has 0 aliphatic carbocycles. The molecule has 3 heterocycles. The normalized spacial score (nSPS) is 15.9. The second-order valence-corrected chi connectivity index (χ2v) is 8.71. The van der Waals surface area contributed by atoms with E-state index in [0.29, 0.717) is 44.0 Å². The number of carbonyl (C=O) groups excluding carboxylic acids is 1. The first kappa shape index (κ1) is 24.1. The molecular weight excluding hydrogens is 467 g/mol. The van der Waals surface area contributed by atoms with Crippen molar-refractivity contribution >= 4 is 23.3 Å². The van der Waals surface area contributed by atoms with Crippen molar-refractivity contribution in [2.24, 2.45) is 5.92 Å². The van der Waals surface area contributed by atoms with Gasteiger partial charge in [-0.3, -0.25) is 4.79 Å². The molecule has 4 rings (SSSR count). The molecule has 6 nitrogen and oxygen atoms in total. The SMILES string of the molecule is CCC(NC(=O)C1CCN(c2ncc(C(F)(F)F)cc2Cl)CC1)c1ncc(-c2ccccc2)[nH]1. The van der Waals surface area contributed by atoms with Crippen LogP contribution in [-0.2, 0) is 11.0 Å². The Morgan fingerprint density at radius 1 is 1.21 bits per heavy atom. The summed E-state index contributed by atoms with van der Waals surface area (Å²) < 4.78 is 38.6. The van der Waals surface area contributed by atoms with Crippen molar-refractivity contribution in [1.29, 1.82) is 0 Å². The summed E-state index contributed by atoms with van der Waals surface area (Å²) in [6.07, 6.45) is -0.162. The first-order chi connectivity index (χ1) is 16.3. The summed E-state index contributed by atoms with van der Waals surface area (Å²) in [6, 6.07) is 10.5. The molecule has 2 N–H and O–H groups in total. The van der Waals surface area contributed by atoms with E-state index >= 15 is 0 Å². The summed E-state index contributed by atoms with van der Waals surface area (Å²) in [5, 5.41) is 3.04. The second-order valence-electron chi connectivity index (χ2n) is 8.31. The minimum atomic E-state index is -4.49. The number of alkyl halides is 3. The van der Waals surface area contributed by atoms with Gasteiger partial charge in [-0.1, -0.05) is 48.9 Å². The number of piperidine rings is 1. The number of imidazole rings is 1. The third kappa shape index (κ3) is 5.35. The largest absolute Gasteiger partial charge is 0.417 e. The maximum absolute atomic E-state index is 12.9. The van der Waals surface area contributed by atoms with E-state index in [1.165, 1.54) is 0 Å². The average molecular weight is 492 g/mol. The number of halogens is 4. The van der Waals surface area contributed by atoms with Crippen molar-refractivity contribution in [3.8, 4) is 11.3 Å². The Hall–Kier alpha value is -3.07. The van der Waals surface area contributed by atoms with Crippen molar-refractivity contribution in [2.75, 3.05) is 18.0 Å². The van der Waals surface area contributed by atoms with Crippen LogP contribution in [0.25, 0.3) is 11.3 Å². The highest BCUT2D eigenvalue weighted by Crippen LogP contribution is 2.34. The Bertz CT molecular complexity index is 1130. The van der Waals surface area contributed by atoms with Crippen molar-refractivity contribution in [3.63, 3.8) is 0 Å². The van der Waals surface area contributed by atoms with Gasteiger partial charge in [-0.2, -0.15) is 13.2 Å². The smallest absolute Gasteiger partial charge is 0.355 e. The summed E-state index contributed by atoms with van der Waals surface area (Å²) in [7, 11) is 0. The lowest BCUT2D eigenvalue weighted by Gasteiger charge is -2.33. The highest BCUT2D eigenvalue weighted by Gasteiger charge is 2.33. The molecule has 1 aromatic carbocycles. The quantitative estimate of drug-likeness (QED) is 0.469. The van der Waals surface area contributed by atoms with Gasteiger partial charge < -0.3 is 15.2 Å². The van der Waals surface area contributed by atoms with Gasteiger partial charge in [0.05, 0.1) is 28.5 Å². The molecule has 1 aliphatic rings. The van der Waals surface area contributed by atoms with Crippen LogP contribution in [0.1, 0.15) is 43.6 Å². The summed E-state index contributed by atoms with van der Waals surface area (Å²) in [6.45, 7) is 2.94. The zero-order chi connectivity index (χ0) is 24.3. The lowest BCUT2D eigenvalue weighted by atomic mass is 9.95. The van der Waals surface area contributed by atoms with Gasteiger partial charge in [-0.25, -0.2) is 9.97 Å². The molecule has 2 aromatic heterocycles. The van der Waals surface area contributed by atoms with Gasteiger partial charge in [0.15, 0.2) is 0 Å².